The first-order valence-electron chi connectivity index (χ1n) is 8.60. The molecule has 2 atom stereocenters. The second-order valence-corrected chi connectivity index (χ2v) is 6.34. The Bertz CT molecular complexity index is 542. The summed E-state index contributed by atoms with van der Waals surface area (Å²) in [6, 6.07) is 3.85. The summed E-state index contributed by atoms with van der Waals surface area (Å²) < 4.78 is 11.0. The van der Waals surface area contributed by atoms with Gasteiger partial charge >= 0.3 is 6.03 Å². The number of nitrogens with one attached hydrogen (secondary N) is 2. The van der Waals surface area contributed by atoms with Crippen molar-refractivity contribution < 1.29 is 14.3 Å². The minimum absolute atomic E-state index is 0.214. The molecule has 0 radical (unpaired) electrons. The molecule has 0 aromatic carbocycles. The molecule has 24 heavy (non-hydrogen) atoms. The lowest BCUT2D eigenvalue weighted by Gasteiger charge is -2.37. The highest BCUT2D eigenvalue weighted by Gasteiger charge is 2.31. The fraction of sp³-hybridized carbons (Fsp3) is 0.647. The molecule has 1 aromatic rings. The number of ether oxygens (including phenoxy) is 2. The van der Waals surface area contributed by atoms with Crippen molar-refractivity contribution in [2.45, 2.75) is 19.4 Å². The zero-order valence-corrected chi connectivity index (χ0v) is 14.2. The van der Waals surface area contributed by atoms with Crippen LogP contribution in [-0.2, 0) is 9.47 Å². The van der Waals surface area contributed by atoms with Gasteiger partial charge in [0.2, 0.25) is 0 Å². The first-order chi connectivity index (χ1) is 11.7. The largest absolute Gasteiger partial charge is 0.381 e. The number of pyridine rings is 1. The maximum atomic E-state index is 12.2. The van der Waals surface area contributed by atoms with E-state index in [1.54, 1.807) is 6.20 Å². The molecule has 2 saturated heterocycles. The molecule has 2 fully saturated rings. The van der Waals surface area contributed by atoms with Gasteiger partial charge in [-0.1, -0.05) is 6.07 Å². The van der Waals surface area contributed by atoms with E-state index in [1.807, 2.05) is 19.1 Å². The van der Waals surface area contributed by atoms with Crippen molar-refractivity contribution in [2.75, 3.05) is 51.4 Å². The quantitative estimate of drug-likeness (QED) is 0.848. The van der Waals surface area contributed by atoms with Gasteiger partial charge in [0, 0.05) is 44.4 Å². The monoisotopic (exact) mass is 334 g/mol. The molecule has 0 unspecified atom stereocenters. The Hall–Kier alpha value is -1.70. The third-order valence-electron chi connectivity index (χ3n) is 4.74. The minimum Gasteiger partial charge on any atom is -0.381 e. The Morgan fingerprint density at radius 1 is 1.38 bits per heavy atom. The van der Waals surface area contributed by atoms with Crippen LogP contribution in [0.2, 0.25) is 0 Å². The molecule has 1 aromatic heterocycles. The van der Waals surface area contributed by atoms with Crippen LogP contribution in [0.1, 0.15) is 12.0 Å². The van der Waals surface area contributed by atoms with Gasteiger partial charge in [-0.15, -0.1) is 0 Å². The first-order valence-corrected chi connectivity index (χ1v) is 8.60. The number of aromatic nitrogens is 1. The molecular formula is C17H26N4O3. The van der Waals surface area contributed by atoms with Crippen molar-refractivity contribution in [1.29, 1.82) is 0 Å². The average Bonchev–Trinajstić information content (AvgIpc) is 3.12. The summed E-state index contributed by atoms with van der Waals surface area (Å²) in [5, 5.41) is 5.83. The number of carbonyl (C=O) groups is 1. The Balaban J connectivity index is 1.56. The topological polar surface area (TPSA) is 75.7 Å². The van der Waals surface area contributed by atoms with Crippen LogP contribution in [0.15, 0.2) is 18.3 Å². The molecule has 0 saturated carbocycles. The summed E-state index contributed by atoms with van der Waals surface area (Å²) in [5.74, 6) is 1.06. The summed E-state index contributed by atoms with van der Waals surface area (Å²) in [7, 11) is 0. The van der Waals surface area contributed by atoms with Crippen LogP contribution in [0.5, 0.6) is 0 Å². The number of carbonyl (C=O) groups excluding carboxylic acids is 1. The van der Waals surface area contributed by atoms with E-state index in [0.29, 0.717) is 18.3 Å². The molecule has 7 nitrogen and oxygen atoms in total. The number of hydrogen-bond donors (Lipinski definition) is 2. The summed E-state index contributed by atoms with van der Waals surface area (Å²) in [4.78, 5) is 18.8. The van der Waals surface area contributed by atoms with Gasteiger partial charge in [0.15, 0.2) is 0 Å². The molecule has 0 bridgehead atoms. The Labute approximate surface area is 142 Å². The fourth-order valence-corrected chi connectivity index (χ4v) is 3.32. The molecule has 3 rings (SSSR count). The Kier molecular flexibility index (Phi) is 6.01. The normalized spacial score (nSPS) is 23.0. The SMILES string of the molecule is Cc1cccnc1NC(=O)NC[C@H]([C@H]1CCOC1)N1CCOCC1. The third kappa shape index (κ3) is 4.43. The van der Waals surface area contributed by atoms with E-state index >= 15 is 0 Å². The average molecular weight is 334 g/mol. The highest BCUT2D eigenvalue weighted by Crippen LogP contribution is 2.22. The summed E-state index contributed by atoms with van der Waals surface area (Å²) in [5.41, 5.74) is 0.946. The third-order valence-corrected chi connectivity index (χ3v) is 4.74. The van der Waals surface area contributed by atoms with Crippen LogP contribution in [0, 0.1) is 12.8 Å². The Morgan fingerprint density at radius 2 is 2.21 bits per heavy atom. The predicted molar refractivity (Wildman–Crippen MR) is 91.1 cm³/mol. The lowest BCUT2D eigenvalue weighted by molar-refractivity contribution is 0.00222. The molecule has 132 valence electrons. The number of hydrogen-bond acceptors (Lipinski definition) is 5. The van der Waals surface area contributed by atoms with Crippen LogP contribution in [0.25, 0.3) is 0 Å². The molecule has 2 amide bonds. The van der Waals surface area contributed by atoms with E-state index in [4.69, 9.17) is 9.47 Å². The first kappa shape index (κ1) is 17.1. The summed E-state index contributed by atoms with van der Waals surface area (Å²) in [6.07, 6.45) is 2.72. The minimum atomic E-state index is -0.214. The van der Waals surface area contributed by atoms with Crippen LogP contribution in [-0.4, -0.2) is 68.0 Å². The van der Waals surface area contributed by atoms with Gasteiger partial charge in [0.25, 0.3) is 0 Å². The number of urea groups is 1. The van der Waals surface area contributed by atoms with Crippen LogP contribution in [0.4, 0.5) is 10.6 Å². The van der Waals surface area contributed by atoms with E-state index in [-0.39, 0.29) is 12.1 Å². The zero-order valence-electron chi connectivity index (χ0n) is 14.2. The van der Waals surface area contributed by atoms with Crippen molar-refractivity contribution in [1.82, 2.24) is 15.2 Å². The van der Waals surface area contributed by atoms with Gasteiger partial charge in [-0.05, 0) is 25.0 Å². The van der Waals surface area contributed by atoms with Gasteiger partial charge in [-0.2, -0.15) is 0 Å². The zero-order chi connectivity index (χ0) is 16.8. The summed E-state index contributed by atoms with van der Waals surface area (Å²) >= 11 is 0. The number of amides is 2. The molecule has 7 heteroatoms. The molecule has 0 aliphatic carbocycles. The van der Waals surface area contributed by atoms with Crippen LogP contribution < -0.4 is 10.6 Å². The standard InChI is InChI=1S/C17H26N4O3/c1-13-3-2-5-18-16(13)20-17(22)19-11-15(14-4-8-24-12-14)21-6-9-23-10-7-21/h2-3,5,14-15H,4,6-12H2,1H3,(H2,18,19,20,22)/t14-,15+/m0/s1. The van der Waals surface area contributed by atoms with Crippen molar-refractivity contribution in [2.24, 2.45) is 5.92 Å². The smallest absolute Gasteiger partial charge is 0.320 e. The van der Waals surface area contributed by atoms with E-state index < -0.39 is 0 Å². The fourth-order valence-electron chi connectivity index (χ4n) is 3.32. The molecule has 0 spiro atoms. The lowest BCUT2D eigenvalue weighted by atomic mass is 9.97. The number of rotatable bonds is 5. The Morgan fingerprint density at radius 3 is 2.92 bits per heavy atom. The lowest BCUT2D eigenvalue weighted by Crippen LogP contribution is -2.52. The van der Waals surface area contributed by atoms with Crippen LogP contribution in [0.3, 0.4) is 0 Å². The van der Waals surface area contributed by atoms with E-state index in [9.17, 15) is 4.79 Å². The molecule has 2 N–H and O–H groups in total. The van der Waals surface area contributed by atoms with E-state index in [2.05, 4.69) is 20.5 Å². The van der Waals surface area contributed by atoms with Gasteiger partial charge in [0.1, 0.15) is 5.82 Å². The van der Waals surface area contributed by atoms with Crippen LogP contribution >= 0.6 is 0 Å². The number of morpholine rings is 1. The van der Waals surface area contributed by atoms with E-state index in [1.165, 1.54) is 0 Å². The second kappa shape index (κ2) is 8.41. The number of aryl methyl sites for hydroxylation is 1. The van der Waals surface area contributed by atoms with Crippen molar-refractivity contribution in [3.05, 3.63) is 23.9 Å². The van der Waals surface area contributed by atoms with Crippen molar-refractivity contribution >= 4 is 11.8 Å². The van der Waals surface area contributed by atoms with Crippen molar-refractivity contribution in [3.63, 3.8) is 0 Å². The molecular weight excluding hydrogens is 308 g/mol. The molecule has 2 aliphatic heterocycles. The van der Waals surface area contributed by atoms with Gasteiger partial charge in [-0.3, -0.25) is 10.2 Å². The maximum absolute atomic E-state index is 12.2. The number of nitrogens with zero attached hydrogens (tertiary/aromatic N) is 2. The van der Waals surface area contributed by atoms with E-state index in [0.717, 1.165) is 51.5 Å². The van der Waals surface area contributed by atoms with Crippen molar-refractivity contribution in [3.8, 4) is 0 Å². The predicted octanol–water partition coefficient (Wildman–Crippen LogP) is 1.25. The maximum Gasteiger partial charge on any atom is 0.320 e. The highest BCUT2D eigenvalue weighted by atomic mass is 16.5. The van der Waals surface area contributed by atoms with Gasteiger partial charge in [0.05, 0.1) is 19.8 Å². The molecule has 2 aliphatic rings. The van der Waals surface area contributed by atoms with Gasteiger partial charge < -0.3 is 14.8 Å². The molecule has 3 heterocycles. The second-order valence-electron chi connectivity index (χ2n) is 6.34. The summed E-state index contributed by atoms with van der Waals surface area (Å²) in [6.45, 7) is 7.43. The number of anilines is 1. The van der Waals surface area contributed by atoms with Gasteiger partial charge in [-0.25, -0.2) is 9.78 Å². The highest BCUT2D eigenvalue weighted by molar-refractivity contribution is 5.88.